The first kappa shape index (κ1) is 17.8. The van der Waals surface area contributed by atoms with Crippen LogP contribution in [-0.4, -0.2) is 41.5 Å². The van der Waals surface area contributed by atoms with Gasteiger partial charge in [-0.3, -0.25) is 14.2 Å². The summed E-state index contributed by atoms with van der Waals surface area (Å²) in [5.41, 5.74) is 2.71. The highest BCUT2D eigenvalue weighted by atomic mass is 32.1. The van der Waals surface area contributed by atoms with Crippen LogP contribution in [0.3, 0.4) is 0 Å². The molecule has 0 fully saturated rings. The Kier molecular flexibility index (Phi) is 5.12. The van der Waals surface area contributed by atoms with Crippen molar-refractivity contribution in [3.05, 3.63) is 35.2 Å². The fourth-order valence-corrected chi connectivity index (χ4v) is 3.11. The fraction of sp³-hybridized carbons (Fsp3) is 0.312. The van der Waals surface area contributed by atoms with Crippen molar-refractivity contribution in [3.63, 3.8) is 0 Å². The van der Waals surface area contributed by atoms with Crippen LogP contribution in [0.1, 0.15) is 29.4 Å². The summed E-state index contributed by atoms with van der Waals surface area (Å²) in [5.74, 6) is -1.25. The summed E-state index contributed by atoms with van der Waals surface area (Å²) in [6.45, 7) is 5.02. The molecular weight excluding hydrogens is 356 g/mol. The molecule has 1 amide bonds. The number of carboxylic acids is 1. The van der Waals surface area contributed by atoms with Crippen molar-refractivity contribution in [2.75, 3.05) is 5.32 Å². The van der Waals surface area contributed by atoms with E-state index in [1.54, 1.807) is 0 Å². The van der Waals surface area contributed by atoms with E-state index in [1.165, 1.54) is 28.4 Å². The number of carboxylic acid groups (broad SMARTS) is 1. The molecule has 0 bridgehead atoms. The third-order valence-corrected chi connectivity index (χ3v) is 4.50. The van der Waals surface area contributed by atoms with Crippen molar-refractivity contribution in [1.29, 1.82) is 0 Å². The molecule has 3 heterocycles. The van der Waals surface area contributed by atoms with Gasteiger partial charge < -0.3 is 10.4 Å². The second-order valence-electron chi connectivity index (χ2n) is 5.62. The summed E-state index contributed by atoms with van der Waals surface area (Å²) in [5, 5.41) is 22.3. The van der Waals surface area contributed by atoms with Gasteiger partial charge in [-0.1, -0.05) is 0 Å². The number of aromatic carboxylic acids is 1. The summed E-state index contributed by atoms with van der Waals surface area (Å²) < 4.78 is 3.27. The van der Waals surface area contributed by atoms with Crippen molar-refractivity contribution in [2.45, 2.75) is 33.4 Å². The third kappa shape index (κ3) is 3.97. The third-order valence-electron chi connectivity index (χ3n) is 3.74. The van der Waals surface area contributed by atoms with E-state index >= 15 is 0 Å². The van der Waals surface area contributed by atoms with Crippen molar-refractivity contribution >= 4 is 28.3 Å². The standard InChI is InChI=1S/C16H18N6O3S/c1-3-21-8-12(10(2)20-21)13-9-26-16(18-13)19-14(23)4-5-22-7-11(6-17-22)15(24)25/h6-9H,3-5H2,1-2H3,(H,24,25)(H,18,19,23). The van der Waals surface area contributed by atoms with Gasteiger partial charge in [0.1, 0.15) is 0 Å². The van der Waals surface area contributed by atoms with Crippen molar-refractivity contribution in [2.24, 2.45) is 0 Å². The number of nitrogens with one attached hydrogen (secondary N) is 1. The average molecular weight is 374 g/mol. The molecule has 9 nitrogen and oxygen atoms in total. The molecular formula is C16H18N6O3S. The lowest BCUT2D eigenvalue weighted by Gasteiger charge is -2.02. The van der Waals surface area contributed by atoms with Gasteiger partial charge in [0.25, 0.3) is 0 Å². The maximum absolute atomic E-state index is 12.1. The second kappa shape index (κ2) is 7.48. The maximum Gasteiger partial charge on any atom is 0.338 e. The van der Waals surface area contributed by atoms with E-state index in [4.69, 9.17) is 5.11 Å². The first-order valence-corrected chi connectivity index (χ1v) is 8.89. The van der Waals surface area contributed by atoms with Gasteiger partial charge in [-0.05, 0) is 13.8 Å². The van der Waals surface area contributed by atoms with Crippen LogP contribution in [0, 0.1) is 6.92 Å². The zero-order valence-corrected chi connectivity index (χ0v) is 15.2. The minimum absolute atomic E-state index is 0.0953. The first-order chi connectivity index (χ1) is 12.5. The number of rotatable bonds is 7. The molecule has 26 heavy (non-hydrogen) atoms. The number of hydrogen-bond acceptors (Lipinski definition) is 6. The molecule has 10 heteroatoms. The number of carbonyl (C=O) groups excluding carboxylic acids is 1. The molecule has 0 saturated carbocycles. The molecule has 0 atom stereocenters. The zero-order valence-electron chi connectivity index (χ0n) is 14.3. The SMILES string of the molecule is CCn1cc(-c2csc(NC(=O)CCn3cc(C(=O)O)cn3)n2)c(C)n1. The predicted molar refractivity (Wildman–Crippen MR) is 96.2 cm³/mol. The molecule has 3 aromatic rings. The normalized spacial score (nSPS) is 10.8. The zero-order chi connectivity index (χ0) is 18.7. The van der Waals surface area contributed by atoms with Crippen LogP contribution in [0.5, 0.6) is 0 Å². The van der Waals surface area contributed by atoms with Gasteiger partial charge in [0, 0.05) is 42.8 Å². The summed E-state index contributed by atoms with van der Waals surface area (Å²) >= 11 is 1.35. The summed E-state index contributed by atoms with van der Waals surface area (Å²) in [6.07, 6.45) is 4.76. The molecule has 136 valence electrons. The number of thiazole rings is 1. The largest absolute Gasteiger partial charge is 0.478 e. The molecule has 0 aromatic carbocycles. The number of hydrogen-bond donors (Lipinski definition) is 2. The van der Waals surface area contributed by atoms with Crippen LogP contribution in [0.2, 0.25) is 0 Å². The van der Waals surface area contributed by atoms with Crippen LogP contribution in [0.4, 0.5) is 5.13 Å². The van der Waals surface area contributed by atoms with E-state index in [0.29, 0.717) is 11.7 Å². The molecule has 0 unspecified atom stereocenters. The lowest BCUT2D eigenvalue weighted by Crippen LogP contribution is -2.14. The summed E-state index contributed by atoms with van der Waals surface area (Å²) in [4.78, 5) is 27.3. The van der Waals surface area contributed by atoms with Crippen LogP contribution in [0.25, 0.3) is 11.3 Å². The van der Waals surface area contributed by atoms with Gasteiger partial charge in [-0.2, -0.15) is 10.2 Å². The van der Waals surface area contributed by atoms with Gasteiger partial charge in [0.05, 0.1) is 23.1 Å². The number of carbonyl (C=O) groups is 2. The van der Waals surface area contributed by atoms with Crippen LogP contribution in [0.15, 0.2) is 24.0 Å². The monoisotopic (exact) mass is 374 g/mol. The minimum Gasteiger partial charge on any atom is -0.478 e. The topological polar surface area (TPSA) is 115 Å². The van der Waals surface area contributed by atoms with Crippen LogP contribution >= 0.6 is 11.3 Å². The van der Waals surface area contributed by atoms with Gasteiger partial charge in [-0.15, -0.1) is 11.3 Å². The molecule has 0 saturated heterocycles. The molecule has 0 aliphatic carbocycles. The average Bonchev–Trinajstić information content (AvgIpc) is 3.32. The van der Waals surface area contributed by atoms with Gasteiger partial charge in [0.2, 0.25) is 5.91 Å². The lowest BCUT2D eigenvalue weighted by molar-refractivity contribution is -0.116. The first-order valence-electron chi connectivity index (χ1n) is 8.01. The number of anilines is 1. The van der Waals surface area contributed by atoms with Crippen LogP contribution in [-0.2, 0) is 17.9 Å². The Morgan fingerprint density at radius 1 is 1.31 bits per heavy atom. The summed E-state index contributed by atoms with van der Waals surface area (Å²) in [6, 6.07) is 0. The minimum atomic E-state index is -1.04. The highest BCUT2D eigenvalue weighted by molar-refractivity contribution is 7.14. The highest BCUT2D eigenvalue weighted by Crippen LogP contribution is 2.27. The maximum atomic E-state index is 12.1. The van der Waals surface area contributed by atoms with Gasteiger partial charge >= 0.3 is 5.97 Å². The molecule has 0 radical (unpaired) electrons. The van der Waals surface area contributed by atoms with Crippen LogP contribution < -0.4 is 5.32 Å². The summed E-state index contributed by atoms with van der Waals surface area (Å²) in [7, 11) is 0. The lowest BCUT2D eigenvalue weighted by atomic mass is 10.2. The van der Waals surface area contributed by atoms with E-state index in [9.17, 15) is 9.59 Å². The fourth-order valence-electron chi connectivity index (χ4n) is 2.38. The Balaban J connectivity index is 1.58. The molecule has 0 aliphatic heterocycles. The number of nitrogens with zero attached hydrogens (tertiary/aromatic N) is 5. The van der Waals surface area contributed by atoms with E-state index < -0.39 is 5.97 Å². The molecule has 0 aliphatic rings. The van der Waals surface area contributed by atoms with E-state index in [0.717, 1.165) is 23.5 Å². The van der Waals surface area contributed by atoms with Gasteiger partial charge in [-0.25, -0.2) is 9.78 Å². The quantitative estimate of drug-likeness (QED) is 0.655. The number of amides is 1. The molecule has 3 aromatic heterocycles. The van der Waals surface area contributed by atoms with Crippen molar-refractivity contribution in [1.82, 2.24) is 24.5 Å². The Morgan fingerprint density at radius 3 is 2.77 bits per heavy atom. The van der Waals surface area contributed by atoms with E-state index in [-0.39, 0.29) is 17.9 Å². The molecule has 0 spiro atoms. The van der Waals surface area contributed by atoms with Gasteiger partial charge in [0.15, 0.2) is 5.13 Å². The second-order valence-corrected chi connectivity index (χ2v) is 6.48. The smallest absolute Gasteiger partial charge is 0.338 e. The Hall–Kier alpha value is -3.01. The van der Waals surface area contributed by atoms with Crippen molar-refractivity contribution < 1.29 is 14.7 Å². The number of aryl methyl sites for hydroxylation is 3. The Labute approximate surface area is 153 Å². The predicted octanol–water partition coefficient (Wildman–Crippen LogP) is 2.26. The Morgan fingerprint density at radius 2 is 2.12 bits per heavy atom. The van der Waals surface area contributed by atoms with E-state index in [2.05, 4.69) is 20.5 Å². The Bertz CT molecular complexity index is 942. The van der Waals surface area contributed by atoms with E-state index in [1.807, 2.05) is 30.1 Å². The van der Waals surface area contributed by atoms with Crippen molar-refractivity contribution in [3.8, 4) is 11.3 Å². The molecule has 2 N–H and O–H groups in total. The highest BCUT2D eigenvalue weighted by Gasteiger charge is 2.13. The molecule has 3 rings (SSSR count). The number of aromatic nitrogens is 5.